The zero-order chi connectivity index (χ0) is 15.6. The van der Waals surface area contributed by atoms with Crippen molar-refractivity contribution < 1.29 is 9.90 Å². The summed E-state index contributed by atoms with van der Waals surface area (Å²) < 4.78 is 0. The van der Waals surface area contributed by atoms with Crippen LogP contribution in [0.2, 0.25) is 0 Å². The third kappa shape index (κ3) is 2.79. The molecule has 22 heavy (non-hydrogen) atoms. The van der Waals surface area contributed by atoms with Gasteiger partial charge in [-0.2, -0.15) is 0 Å². The molecule has 0 spiro atoms. The Morgan fingerprint density at radius 1 is 1.41 bits per heavy atom. The average Bonchev–Trinajstić information content (AvgIpc) is 3.05. The molecule has 2 aliphatic rings. The van der Waals surface area contributed by atoms with E-state index in [-0.39, 0.29) is 0 Å². The normalized spacial score (nSPS) is 29.4. The van der Waals surface area contributed by atoms with Gasteiger partial charge < -0.3 is 10.0 Å². The highest BCUT2D eigenvalue weighted by molar-refractivity contribution is 5.76. The average molecular weight is 301 g/mol. The van der Waals surface area contributed by atoms with Crippen LogP contribution in [0.25, 0.3) is 0 Å². The molecule has 0 amide bonds. The van der Waals surface area contributed by atoms with Gasteiger partial charge in [0.25, 0.3) is 0 Å². The molecular weight excluding hydrogens is 274 g/mol. The number of likely N-dealkylation sites (tertiary alicyclic amines) is 1. The van der Waals surface area contributed by atoms with E-state index in [1.807, 2.05) is 0 Å². The highest BCUT2D eigenvalue weighted by Crippen LogP contribution is 2.49. The van der Waals surface area contributed by atoms with Crippen molar-refractivity contribution in [2.45, 2.75) is 44.9 Å². The number of nitrogens with zero attached hydrogens (tertiary/aromatic N) is 1. The number of carboxylic acid groups (broad SMARTS) is 1. The first-order chi connectivity index (χ1) is 10.7. The smallest absolute Gasteiger partial charge is 0.311 e. The predicted molar refractivity (Wildman–Crippen MR) is 87.9 cm³/mol. The molecule has 3 nitrogen and oxygen atoms in total. The molecule has 0 radical (unpaired) electrons. The monoisotopic (exact) mass is 301 g/mol. The third-order valence-corrected chi connectivity index (χ3v) is 5.75. The molecule has 3 heteroatoms. The Hall–Kier alpha value is -1.35. The number of aliphatic carboxylic acids is 1. The van der Waals surface area contributed by atoms with Crippen molar-refractivity contribution in [1.82, 2.24) is 4.90 Å². The first-order valence-electron chi connectivity index (χ1n) is 8.66. The number of rotatable bonds is 6. The number of carbonyl (C=O) groups is 1. The van der Waals surface area contributed by atoms with Gasteiger partial charge in [-0.05, 0) is 36.7 Å². The highest BCUT2D eigenvalue weighted by atomic mass is 16.4. The fourth-order valence-electron chi connectivity index (χ4n) is 4.63. The van der Waals surface area contributed by atoms with Crippen LogP contribution in [-0.2, 0) is 4.79 Å². The maximum absolute atomic E-state index is 11.8. The molecule has 1 saturated carbocycles. The standard InChI is InChI=1S/C19H27NO2/c1-2-7-16(15-8-4-3-5-9-15)12-20-13-17-10-6-11-19(17,14-20)18(21)22/h3-5,8-9,16-17H,2,6-7,10-14H2,1H3,(H,21,22)/t16?,17-,19+/m0/s1. The molecule has 1 saturated heterocycles. The molecule has 2 fully saturated rings. The van der Waals surface area contributed by atoms with E-state index in [1.54, 1.807) is 0 Å². The van der Waals surface area contributed by atoms with E-state index < -0.39 is 11.4 Å². The number of carboxylic acids is 1. The van der Waals surface area contributed by atoms with E-state index in [0.717, 1.165) is 38.9 Å². The van der Waals surface area contributed by atoms with Gasteiger partial charge in [0.05, 0.1) is 5.41 Å². The van der Waals surface area contributed by atoms with Crippen molar-refractivity contribution in [2.24, 2.45) is 11.3 Å². The second-order valence-electron chi connectivity index (χ2n) is 7.14. The van der Waals surface area contributed by atoms with Crippen LogP contribution in [0, 0.1) is 11.3 Å². The molecular formula is C19H27NO2. The predicted octanol–water partition coefficient (Wildman–Crippen LogP) is 3.76. The molecule has 120 valence electrons. The van der Waals surface area contributed by atoms with Gasteiger partial charge >= 0.3 is 5.97 Å². The van der Waals surface area contributed by atoms with Crippen molar-refractivity contribution in [1.29, 1.82) is 0 Å². The summed E-state index contributed by atoms with van der Waals surface area (Å²) in [5.41, 5.74) is 0.943. The molecule has 1 aliphatic carbocycles. The van der Waals surface area contributed by atoms with E-state index >= 15 is 0 Å². The van der Waals surface area contributed by atoms with Gasteiger partial charge in [0.15, 0.2) is 0 Å². The topological polar surface area (TPSA) is 40.5 Å². The molecule has 1 aromatic rings. The largest absolute Gasteiger partial charge is 0.481 e. The maximum atomic E-state index is 11.8. The lowest BCUT2D eigenvalue weighted by Gasteiger charge is -2.26. The molecule has 1 N–H and O–H groups in total. The Kier molecular flexibility index (Phi) is 4.53. The summed E-state index contributed by atoms with van der Waals surface area (Å²) in [6.07, 6.45) is 5.38. The van der Waals surface area contributed by atoms with Gasteiger partial charge in [-0.3, -0.25) is 4.79 Å². The van der Waals surface area contributed by atoms with Crippen LogP contribution in [-0.4, -0.2) is 35.6 Å². The summed E-state index contributed by atoms with van der Waals surface area (Å²) in [7, 11) is 0. The first-order valence-corrected chi connectivity index (χ1v) is 8.66. The van der Waals surface area contributed by atoms with Crippen LogP contribution in [0.4, 0.5) is 0 Å². The third-order valence-electron chi connectivity index (χ3n) is 5.75. The molecule has 3 atom stereocenters. The Labute approximate surface area is 133 Å². The summed E-state index contributed by atoms with van der Waals surface area (Å²) in [4.78, 5) is 14.2. The lowest BCUT2D eigenvalue weighted by Crippen LogP contribution is -2.36. The van der Waals surface area contributed by atoms with Crippen molar-refractivity contribution in [2.75, 3.05) is 19.6 Å². The first kappa shape index (κ1) is 15.5. The Bertz CT molecular complexity index is 515. The van der Waals surface area contributed by atoms with Gasteiger partial charge in [-0.1, -0.05) is 50.1 Å². The summed E-state index contributed by atoms with van der Waals surface area (Å²) in [5, 5.41) is 9.72. The molecule has 1 heterocycles. The zero-order valence-electron chi connectivity index (χ0n) is 13.5. The van der Waals surface area contributed by atoms with Crippen molar-refractivity contribution >= 4 is 5.97 Å². The second kappa shape index (κ2) is 6.41. The quantitative estimate of drug-likeness (QED) is 0.870. The number of hydrogen-bond donors (Lipinski definition) is 1. The minimum Gasteiger partial charge on any atom is -0.481 e. The van der Waals surface area contributed by atoms with Crippen LogP contribution in [0.1, 0.15) is 50.5 Å². The SMILES string of the molecule is CCCC(CN1C[C@@H]2CCC[C@@]2(C(=O)O)C1)c1ccccc1. The molecule has 1 aromatic carbocycles. The fraction of sp³-hybridized carbons (Fsp3) is 0.632. The molecule has 1 aliphatic heterocycles. The van der Waals surface area contributed by atoms with Crippen LogP contribution >= 0.6 is 0 Å². The van der Waals surface area contributed by atoms with E-state index in [1.165, 1.54) is 18.4 Å². The Morgan fingerprint density at radius 2 is 2.18 bits per heavy atom. The lowest BCUT2D eigenvalue weighted by atomic mass is 9.81. The Morgan fingerprint density at radius 3 is 2.82 bits per heavy atom. The molecule has 0 bridgehead atoms. The summed E-state index contributed by atoms with van der Waals surface area (Å²) in [6, 6.07) is 10.7. The van der Waals surface area contributed by atoms with Gasteiger partial charge in [-0.25, -0.2) is 0 Å². The highest BCUT2D eigenvalue weighted by Gasteiger charge is 2.54. The molecule has 3 rings (SSSR count). The summed E-state index contributed by atoms with van der Waals surface area (Å²) >= 11 is 0. The van der Waals surface area contributed by atoms with Crippen LogP contribution in [0.3, 0.4) is 0 Å². The van der Waals surface area contributed by atoms with Gasteiger partial charge in [-0.15, -0.1) is 0 Å². The Balaban J connectivity index is 1.71. The van der Waals surface area contributed by atoms with E-state index in [0.29, 0.717) is 11.8 Å². The number of hydrogen-bond acceptors (Lipinski definition) is 2. The van der Waals surface area contributed by atoms with E-state index in [9.17, 15) is 9.90 Å². The van der Waals surface area contributed by atoms with E-state index in [2.05, 4.69) is 42.2 Å². The number of benzene rings is 1. The van der Waals surface area contributed by atoms with Crippen LogP contribution in [0.15, 0.2) is 30.3 Å². The van der Waals surface area contributed by atoms with Crippen molar-refractivity contribution in [3.63, 3.8) is 0 Å². The van der Waals surface area contributed by atoms with Gasteiger partial charge in [0, 0.05) is 19.6 Å². The maximum Gasteiger partial charge on any atom is 0.311 e. The zero-order valence-corrected chi connectivity index (χ0v) is 13.5. The summed E-state index contributed by atoms with van der Waals surface area (Å²) in [6.45, 7) is 4.95. The van der Waals surface area contributed by atoms with Crippen molar-refractivity contribution in [3.05, 3.63) is 35.9 Å². The van der Waals surface area contributed by atoms with Crippen LogP contribution < -0.4 is 0 Å². The molecule has 1 unspecified atom stereocenters. The van der Waals surface area contributed by atoms with Gasteiger partial charge in [0.1, 0.15) is 0 Å². The lowest BCUT2D eigenvalue weighted by molar-refractivity contribution is -0.149. The molecule has 0 aromatic heterocycles. The minimum atomic E-state index is -0.566. The minimum absolute atomic E-state index is 0.364. The second-order valence-corrected chi connectivity index (χ2v) is 7.14. The fourth-order valence-corrected chi connectivity index (χ4v) is 4.63. The van der Waals surface area contributed by atoms with E-state index in [4.69, 9.17) is 0 Å². The number of fused-ring (bicyclic) bond motifs is 1. The van der Waals surface area contributed by atoms with Crippen molar-refractivity contribution in [3.8, 4) is 0 Å². The summed E-state index contributed by atoms with van der Waals surface area (Å²) in [5.74, 6) is 0.322. The van der Waals surface area contributed by atoms with Gasteiger partial charge in [0.2, 0.25) is 0 Å². The van der Waals surface area contributed by atoms with Crippen LogP contribution in [0.5, 0.6) is 0 Å².